The number of pyridine rings is 1. The van der Waals surface area contributed by atoms with Gasteiger partial charge >= 0.3 is 0 Å². The SMILES string of the molecule is COc1cc(C(=O)Nc2ncccc2Br)ccc1F. The van der Waals surface area contributed by atoms with Crippen molar-refractivity contribution in [2.75, 3.05) is 12.4 Å². The summed E-state index contributed by atoms with van der Waals surface area (Å²) in [4.78, 5) is 16.0. The summed E-state index contributed by atoms with van der Waals surface area (Å²) >= 11 is 3.28. The zero-order valence-corrected chi connectivity index (χ0v) is 11.6. The maximum Gasteiger partial charge on any atom is 0.256 e. The van der Waals surface area contributed by atoms with Crippen LogP contribution in [0.15, 0.2) is 41.0 Å². The van der Waals surface area contributed by atoms with Crippen molar-refractivity contribution in [3.63, 3.8) is 0 Å². The van der Waals surface area contributed by atoms with Crippen molar-refractivity contribution in [2.45, 2.75) is 0 Å². The number of carbonyl (C=O) groups is 1. The van der Waals surface area contributed by atoms with Gasteiger partial charge in [0.1, 0.15) is 5.82 Å². The third kappa shape index (κ3) is 3.08. The highest BCUT2D eigenvalue weighted by molar-refractivity contribution is 9.10. The monoisotopic (exact) mass is 324 g/mol. The van der Waals surface area contributed by atoms with Gasteiger partial charge in [0.2, 0.25) is 0 Å². The minimum Gasteiger partial charge on any atom is -0.494 e. The van der Waals surface area contributed by atoms with Crippen LogP contribution in [-0.2, 0) is 0 Å². The lowest BCUT2D eigenvalue weighted by molar-refractivity contribution is 0.102. The van der Waals surface area contributed by atoms with E-state index in [1.807, 2.05) is 0 Å². The molecule has 0 saturated carbocycles. The Bertz CT molecular complexity index is 619. The number of halogens is 2. The molecule has 4 nitrogen and oxygen atoms in total. The number of ether oxygens (including phenoxy) is 1. The van der Waals surface area contributed by atoms with Crippen molar-refractivity contribution >= 4 is 27.7 Å². The molecule has 98 valence electrons. The second kappa shape index (κ2) is 5.79. The highest BCUT2D eigenvalue weighted by Gasteiger charge is 2.12. The molecule has 6 heteroatoms. The molecule has 0 unspecified atom stereocenters. The van der Waals surface area contributed by atoms with Crippen molar-refractivity contribution in [1.82, 2.24) is 4.98 Å². The molecule has 1 aromatic heterocycles. The average Bonchev–Trinajstić information content (AvgIpc) is 2.42. The quantitative estimate of drug-likeness (QED) is 0.942. The third-order valence-corrected chi connectivity index (χ3v) is 3.04. The Morgan fingerprint density at radius 3 is 2.89 bits per heavy atom. The summed E-state index contributed by atoms with van der Waals surface area (Å²) in [5.41, 5.74) is 0.288. The van der Waals surface area contributed by atoms with Crippen LogP contribution in [-0.4, -0.2) is 18.0 Å². The first-order chi connectivity index (χ1) is 9.11. The number of anilines is 1. The van der Waals surface area contributed by atoms with E-state index in [0.29, 0.717) is 10.3 Å². The van der Waals surface area contributed by atoms with E-state index in [2.05, 4.69) is 26.2 Å². The predicted octanol–water partition coefficient (Wildman–Crippen LogP) is 3.24. The van der Waals surface area contributed by atoms with Gasteiger partial charge in [-0.2, -0.15) is 0 Å². The van der Waals surface area contributed by atoms with E-state index in [1.54, 1.807) is 18.3 Å². The lowest BCUT2D eigenvalue weighted by Gasteiger charge is -2.07. The number of benzene rings is 1. The maximum atomic E-state index is 13.2. The second-order valence-electron chi connectivity index (χ2n) is 3.64. The van der Waals surface area contributed by atoms with E-state index in [9.17, 15) is 9.18 Å². The molecule has 0 aliphatic carbocycles. The van der Waals surface area contributed by atoms with E-state index >= 15 is 0 Å². The summed E-state index contributed by atoms with van der Waals surface area (Å²) < 4.78 is 18.7. The number of amides is 1. The summed E-state index contributed by atoms with van der Waals surface area (Å²) in [7, 11) is 1.34. The number of carbonyl (C=O) groups excluding carboxylic acids is 1. The van der Waals surface area contributed by atoms with Crippen LogP contribution in [0.2, 0.25) is 0 Å². The number of hydrogen-bond donors (Lipinski definition) is 1. The zero-order chi connectivity index (χ0) is 13.8. The molecule has 1 N–H and O–H groups in total. The minimum atomic E-state index is -0.516. The van der Waals surface area contributed by atoms with Gasteiger partial charge in [0.25, 0.3) is 5.91 Å². The molecule has 0 aliphatic heterocycles. The van der Waals surface area contributed by atoms with Crippen LogP contribution >= 0.6 is 15.9 Å². The number of nitrogens with one attached hydrogen (secondary N) is 1. The van der Waals surface area contributed by atoms with Crippen LogP contribution in [0.4, 0.5) is 10.2 Å². The molecule has 2 rings (SSSR count). The van der Waals surface area contributed by atoms with E-state index in [0.717, 1.165) is 0 Å². The summed E-state index contributed by atoms with van der Waals surface area (Å²) in [6, 6.07) is 7.39. The van der Waals surface area contributed by atoms with Gasteiger partial charge < -0.3 is 10.1 Å². The Morgan fingerprint density at radius 1 is 1.42 bits per heavy atom. The molecule has 19 heavy (non-hydrogen) atoms. The largest absolute Gasteiger partial charge is 0.494 e. The Balaban J connectivity index is 2.23. The Morgan fingerprint density at radius 2 is 2.21 bits per heavy atom. The predicted molar refractivity (Wildman–Crippen MR) is 72.8 cm³/mol. The topological polar surface area (TPSA) is 51.2 Å². The molecular formula is C13H10BrFN2O2. The smallest absolute Gasteiger partial charge is 0.256 e. The third-order valence-electron chi connectivity index (χ3n) is 2.40. The fourth-order valence-corrected chi connectivity index (χ4v) is 1.81. The van der Waals surface area contributed by atoms with Crippen LogP contribution in [0.1, 0.15) is 10.4 Å². The number of nitrogens with zero attached hydrogens (tertiary/aromatic N) is 1. The fraction of sp³-hybridized carbons (Fsp3) is 0.0769. The van der Waals surface area contributed by atoms with Gasteiger partial charge in [-0.25, -0.2) is 9.37 Å². The van der Waals surface area contributed by atoms with Gasteiger partial charge in [0.15, 0.2) is 11.6 Å². The normalized spacial score (nSPS) is 10.1. The Labute approximate surface area is 117 Å². The molecule has 1 heterocycles. The van der Waals surface area contributed by atoms with Gasteiger partial charge in [-0.15, -0.1) is 0 Å². The highest BCUT2D eigenvalue weighted by atomic mass is 79.9. The molecule has 0 aliphatic rings. The summed E-state index contributed by atoms with van der Waals surface area (Å²) in [5.74, 6) is -0.487. The van der Waals surface area contributed by atoms with Crippen molar-refractivity contribution < 1.29 is 13.9 Å². The molecule has 1 amide bonds. The summed E-state index contributed by atoms with van der Waals surface area (Å²) in [6.45, 7) is 0. The Kier molecular flexibility index (Phi) is 4.11. The first kappa shape index (κ1) is 13.5. The van der Waals surface area contributed by atoms with Gasteiger partial charge in [-0.05, 0) is 46.3 Å². The lowest BCUT2D eigenvalue weighted by atomic mass is 10.2. The maximum absolute atomic E-state index is 13.2. The van der Waals surface area contributed by atoms with Gasteiger partial charge in [-0.1, -0.05) is 0 Å². The first-order valence-corrected chi connectivity index (χ1v) is 6.16. The summed E-state index contributed by atoms with van der Waals surface area (Å²) in [5, 5.41) is 2.62. The molecule has 1 aromatic carbocycles. The second-order valence-corrected chi connectivity index (χ2v) is 4.49. The highest BCUT2D eigenvalue weighted by Crippen LogP contribution is 2.21. The lowest BCUT2D eigenvalue weighted by Crippen LogP contribution is -2.13. The molecule has 0 bridgehead atoms. The van der Waals surface area contributed by atoms with E-state index < -0.39 is 11.7 Å². The number of aromatic nitrogens is 1. The molecule has 0 saturated heterocycles. The molecule has 2 aromatic rings. The first-order valence-electron chi connectivity index (χ1n) is 5.37. The van der Waals surface area contributed by atoms with Crippen molar-refractivity contribution in [1.29, 1.82) is 0 Å². The average molecular weight is 325 g/mol. The van der Waals surface area contributed by atoms with Crippen molar-refractivity contribution in [3.8, 4) is 5.75 Å². The van der Waals surface area contributed by atoms with E-state index in [-0.39, 0.29) is 11.3 Å². The number of rotatable bonds is 3. The van der Waals surface area contributed by atoms with Gasteiger partial charge in [0, 0.05) is 11.8 Å². The molecular weight excluding hydrogens is 315 g/mol. The van der Waals surface area contributed by atoms with Gasteiger partial charge in [0.05, 0.1) is 11.6 Å². The van der Waals surface area contributed by atoms with Crippen LogP contribution < -0.4 is 10.1 Å². The molecule has 0 atom stereocenters. The van der Waals surface area contributed by atoms with Crippen LogP contribution in [0.5, 0.6) is 5.75 Å². The van der Waals surface area contributed by atoms with Crippen molar-refractivity contribution in [2.24, 2.45) is 0 Å². The number of hydrogen-bond acceptors (Lipinski definition) is 3. The van der Waals surface area contributed by atoms with Crippen LogP contribution in [0.25, 0.3) is 0 Å². The molecule has 0 spiro atoms. The van der Waals surface area contributed by atoms with Crippen LogP contribution in [0.3, 0.4) is 0 Å². The minimum absolute atomic E-state index is 0.0211. The fourth-order valence-electron chi connectivity index (χ4n) is 1.46. The van der Waals surface area contributed by atoms with E-state index in [1.165, 1.54) is 25.3 Å². The zero-order valence-electron chi connectivity index (χ0n) is 9.98. The van der Waals surface area contributed by atoms with E-state index in [4.69, 9.17) is 4.74 Å². The molecule has 0 radical (unpaired) electrons. The standard InChI is InChI=1S/C13H10BrFN2O2/c1-19-11-7-8(4-5-10(11)15)13(18)17-12-9(14)3-2-6-16-12/h2-7H,1H3,(H,16,17,18). The molecule has 0 fully saturated rings. The van der Waals surface area contributed by atoms with Gasteiger partial charge in [-0.3, -0.25) is 4.79 Å². The van der Waals surface area contributed by atoms with Crippen LogP contribution in [0, 0.1) is 5.82 Å². The van der Waals surface area contributed by atoms with Crippen molar-refractivity contribution in [3.05, 3.63) is 52.4 Å². The Hall–Kier alpha value is -1.95. The number of methoxy groups -OCH3 is 1. The summed E-state index contributed by atoms with van der Waals surface area (Å²) in [6.07, 6.45) is 1.56.